The van der Waals surface area contributed by atoms with E-state index in [1.165, 1.54) is 0 Å². The number of aryl methyl sites for hydroxylation is 2. The van der Waals surface area contributed by atoms with E-state index in [4.69, 9.17) is 4.74 Å². The zero-order valence-corrected chi connectivity index (χ0v) is 14.9. The minimum Gasteiger partial charge on any atom is -0.456 e. The Morgan fingerprint density at radius 2 is 1.65 bits per heavy atom. The highest BCUT2D eigenvalue weighted by molar-refractivity contribution is 5.94. The van der Waals surface area contributed by atoms with E-state index in [1.54, 1.807) is 12.1 Å². The first kappa shape index (κ1) is 19.2. The van der Waals surface area contributed by atoms with Crippen LogP contribution in [0.15, 0.2) is 48.5 Å². The van der Waals surface area contributed by atoms with E-state index in [9.17, 15) is 14.4 Å². The van der Waals surface area contributed by atoms with Gasteiger partial charge >= 0.3 is 5.97 Å². The number of ether oxygens (including phenoxy) is 1. The lowest BCUT2D eigenvalue weighted by molar-refractivity contribution is -0.147. The Kier molecular flexibility index (Phi) is 6.91. The molecule has 2 N–H and O–H groups in total. The largest absolute Gasteiger partial charge is 0.456 e. The molecule has 6 heteroatoms. The van der Waals surface area contributed by atoms with Gasteiger partial charge in [-0.1, -0.05) is 30.3 Å². The van der Waals surface area contributed by atoms with Crippen LogP contribution in [0.4, 0.5) is 11.4 Å². The fourth-order valence-electron chi connectivity index (χ4n) is 2.28. The van der Waals surface area contributed by atoms with E-state index in [-0.39, 0.29) is 25.4 Å². The lowest BCUT2D eigenvalue weighted by Crippen LogP contribution is -2.21. The van der Waals surface area contributed by atoms with E-state index < -0.39 is 11.9 Å². The molecule has 0 atom stereocenters. The van der Waals surface area contributed by atoms with Crippen molar-refractivity contribution in [3.63, 3.8) is 0 Å². The Balaban J connectivity index is 1.69. The summed E-state index contributed by atoms with van der Waals surface area (Å²) in [6.07, 6.45) is -0.0951. The summed E-state index contributed by atoms with van der Waals surface area (Å²) in [5, 5.41) is 5.39. The van der Waals surface area contributed by atoms with Gasteiger partial charge in [0.1, 0.15) is 0 Å². The molecule has 0 radical (unpaired) electrons. The quantitative estimate of drug-likeness (QED) is 0.748. The lowest BCUT2D eigenvalue weighted by Gasteiger charge is -2.09. The Morgan fingerprint density at radius 3 is 2.38 bits per heavy atom. The maximum absolute atomic E-state index is 11.9. The predicted molar refractivity (Wildman–Crippen MR) is 99.8 cm³/mol. The van der Waals surface area contributed by atoms with Crippen LogP contribution in [0.3, 0.4) is 0 Å². The molecule has 6 nitrogen and oxygen atoms in total. The van der Waals surface area contributed by atoms with E-state index in [0.717, 1.165) is 11.1 Å². The minimum absolute atomic E-state index is 0.00728. The van der Waals surface area contributed by atoms with Crippen LogP contribution >= 0.6 is 0 Å². The summed E-state index contributed by atoms with van der Waals surface area (Å²) in [5.41, 5.74) is 3.31. The van der Waals surface area contributed by atoms with Crippen LogP contribution in [0.1, 0.15) is 24.0 Å². The summed E-state index contributed by atoms with van der Waals surface area (Å²) in [4.78, 5) is 35.4. The van der Waals surface area contributed by atoms with E-state index in [1.807, 2.05) is 50.2 Å². The minimum atomic E-state index is -0.593. The van der Waals surface area contributed by atoms with E-state index in [0.29, 0.717) is 11.4 Å². The molecule has 2 amide bonds. The summed E-state index contributed by atoms with van der Waals surface area (Å²) in [5.74, 6) is -1.29. The maximum atomic E-state index is 11.9. The van der Waals surface area contributed by atoms with Crippen molar-refractivity contribution < 1.29 is 19.1 Å². The molecular weight excluding hydrogens is 332 g/mol. The van der Waals surface area contributed by atoms with Crippen molar-refractivity contribution in [2.45, 2.75) is 26.7 Å². The van der Waals surface area contributed by atoms with E-state index >= 15 is 0 Å². The van der Waals surface area contributed by atoms with Gasteiger partial charge < -0.3 is 15.4 Å². The monoisotopic (exact) mass is 354 g/mol. The van der Waals surface area contributed by atoms with Crippen molar-refractivity contribution in [3.8, 4) is 0 Å². The van der Waals surface area contributed by atoms with Gasteiger partial charge in [-0.15, -0.1) is 0 Å². The molecular formula is C20H22N2O4. The average molecular weight is 354 g/mol. The Morgan fingerprint density at radius 1 is 0.885 bits per heavy atom. The predicted octanol–water partition coefficient (Wildman–Crippen LogP) is 3.20. The number of amides is 2. The standard InChI is InChI=1S/C20H22N2O4/c1-14-6-5-8-16(12-14)21-19(24)13-26-20(25)11-10-18(23)22-17-9-4-3-7-15(17)2/h3-9,12H,10-11,13H2,1-2H3,(H,21,24)(H,22,23). The van der Waals surface area contributed by atoms with Crippen molar-refractivity contribution in [2.75, 3.05) is 17.2 Å². The van der Waals surface area contributed by atoms with Crippen molar-refractivity contribution in [2.24, 2.45) is 0 Å². The normalized spacial score (nSPS) is 10.1. The number of carbonyl (C=O) groups is 3. The van der Waals surface area contributed by atoms with Gasteiger partial charge in [-0.25, -0.2) is 0 Å². The zero-order valence-electron chi connectivity index (χ0n) is 14.9. The number of nitrogens with one attached hydrogen (secondary N) is 2. The molecule has 0 saturated heterocycles. The van der Waals surface area contributed by atoms with Gasteiger partial charge in [0.15, 0.2) is 6.61 Å². The second kappa shape index (κ2) is 9.36. The van der Waals surface area contributed by atoms with Crippen molar-refractivity contribution in [1.82, 2.24) is 0 Å². The third-order valence-corrected chi connectivity index (χ3v) is 3.64. The molecule has 0 aliphatic heterocycles. The van der Waals surface area contributed by atoms with Gasteiger partial charge in [0.2, 0.25) is 5.91 Å². The highest BCUT2D eigenvalue weighted by Crippen LogP contribution is 2.13. The van der Waals surface area contributed by atoms with Gasteiger partial charge in [-0.05, 0) is 43.2 Å². The molecule has 0 unspecified atom stereocenters. The number of esters is 1. The topological polar surface area (TPSA) is 84.5 Å². The number of rotatable bonds is 7. The molecule has 2 aromatic rings. The Bertz CT molecular complexity index is 802. The summed E-state index contributed by atoms with van der Waals surface area (Å²) in [6.45, 7) is 3.42. The molecule has 2 aromatic carbocycles. The number of carbonyl (C=O) groups excluding carboxylic acids is 3. The summed E-state index contributed by atoms with van der Waals surface area (Å²) in [6, 6.07) is 14.7. The molecule has 26 heavy (non-hydrogen) atoms. The maximum Gasteiger partial charge on any atom is 0.306 e. The fourth-order valence-corrected chi connectivity index (χ4v) is 2.28. The number of para-hydroxylation sites is 1. The first-order chi connectivity index (χ1) is 12.4. The number of anilines is 2. The zero-order chi connectivity index (χ0) is 18.9. The summed E-state index contributed by atoms with van der Waals surface area (Å²) in [7, 11) is 0. The molecule has 0 spiro atoms. The fraction of sp³-hybridized carbons (Fsp3) is 0.250. The molecule has 0 heterocycles. The first-order valence-electron chi connectivity index (χ1n) is 8.31. The van der Waals surface area contributed by atoms with Gasteiger partial charge in [-0.2, -0.15) is 0 Å². The molecule has 0 aliphatic carbocycles. The smallest absolute Gasteiger partial charge is 0.306 e. The Hall–Kier alpha value is -3.15. The van der Waals surface area contributed by atoms with Crippen molar-refractivity contribution in [1.29, 1.82) is 0 Å². The van der Waals surface area contributed by atoms with E-state index in [2.05, 4.69) is 10.6 Å². The van der Waals surface area contributed by atoms with Crippen LogP contribution in [-0.4, -0.2) is 24.4 Å². The van der Waals surface area contributed by atoms with Gasteiger partial charge in [0.05, 0.1) is 6.42 Å². The molecule has 0 fully saturated rings. The van der Waals surface area contributed by atoms with Crippen LogP contribution in [0.2, 0.25) is 0 Å². The van der Waals surface area contributed by atoms with Crippen LogP contribution in [0.5, 0.6) is 0 Å². The molecule has 0 aliphatic rings. The average Bonchev–Trinajstić information content (AvgIpc) is 2.60. The van der Waals surface area contributed by atoms with Gasteiger partial charge in [0.25, 0.3) is 5.91 Å². The molecule has 0 bridgehead atoms. The second-order valence-electron chi connectivity index (χ2n) is 5.94. The van der Waals surface area contributed by atoms with Gasteiger partial charge in [-0.3, -0.25) is 14.4 Å². The van der Waals surface area contributed by atoms with Crippen molar-refractivity contribution in [3.05, 3.63) is 59.7 Å². The Labute approximate surface area is 152 Å². The first-order valence-corrected chi connectivity index (χ1v) is 8.31. The SMILES string of the molecule is Cc1cccc(NC(=O)COC(=O)CCC(=O)Nc2ccccc2C)c1. The van der Waals surface area contributed by atoms with Crippen LogP contribution < -0.4 is 10.6 Å². The highest BCUT2D eigenvalue weighted by atomic mass is 16.5. The van der Waals surface area contributed by atoms with Crippen LogP contribution in [0, 0.1) is 13.8 Å². The number of hydrogen-bond acceptors (Lipinski definition) is 4. The third-order valence-electron chi connectivity index (χ3n) is 3.64. The highest BCUT2D eigenvalue weighted by Gasteiger charge is 2.11. The van der Waals surface area contributed by atoms with Gasteiger partial charge in [0, 0.05) is 17.8 Å². The number of hydrogen-bond donors (Lipinski definition) is 2. The summed E-state index contributed by atoms with van der Waals surface area (Å²) >= 11 is 0. The number of benzene rings is 2. The molecule has 2 rings (SSSR count). The van der Waals surface area contributed by atoms with Crippen LogP contribution in [-0.2, 0) is 19.1 Å². The third kappa shape index (κ3) is 6.39. The molecule has 0 saturated carbocycles. The lowest BCUT2D eigenvalue weighted by atomic mass is 10.2. The van der Waals surface area contributed by atoms with Crippen molar-refractivity contribution >= 4 is 29.2 Å². The molecule has 0 aromatic heterocycles. The van der Waals surface area contributed by atoms with Crippen LogP contribution in [0.25, 0.3) is 0 Å². The molecule has 136 valence electrons. The second-order valence-corrected chi connectivity index (χ2v) is 5.94. The summed E-state index contributed by atoms with van der Waals surface area (Å²) < 4.78 is 4.90.